The maximum Gasteiger partial charge on any atom is 0.309 e. The molecule has 0 aromatic carbocycles. The summed E-state index contributed by atoms with van der Waals surface area (Å²) in [5.41, 5.74) is -0.122. The number of halogens is 1. The van der Waals surface area contributed by atoms with Gasteiger partial charge in [0.05, 0.1) is 50.9 Å². The number of ketones is 1. The van der Waals surface area contributed by atoms with Gasteiger partial charge < -0.3 is 19.7 Å². The second kappa shape index (κ2) is 13.2. The smallest absolute Gasteiger partial charge is 0.309 e. The van der Waals surface area contributed by atoms with E-state index in [0.29, 0.717) is 0 Å². The third-order valence-corrected chi connectivity index (χ3v) is 10.0. The van der Waals surface area contributed by atoms with Gasteiger partial charge in [0.15, 0.2) is 5.78 Å². The van der Waals surface area contributed by atoms with Gasteiger partial charge in [0.25, 0.3) is 0 Å². The number of carbonyl (C=O) groups excluding carboxylic acids is 2. The highest BCUT2D eigenvalue weighted by Crippen LogP contribution is 2.34. The van der Waals surface area contributed by atoms with Crippen molar-refractivity contribution in [3.05, 3.63) is 21.7 Å². The first-order valence-corrected chi connectivity index (χ1v) is 16.0. The number of aliphatic hydroxyl groups excluding tert-OH is 2. The van der Waals surface area contributed by atoms with Gasteiger partial charge in [-0.3, -0.25) is 9.59 Å². The van der Waals surface area contributed by atoms with E-state index in [4.69, 9.17) is 9.47 Å². The van der Waals surface area contributed by atoms with E-state index in [2.05, 4.69) is 9.50 Å². The molecule has 204 valence electrons. The molecular formula is C27H42INO6S. The molecule has 7 nitrogen and oxygen atoms in total. The maximum absolute atomic E-state index is 13.4. The molecule has 2 N–H and O–H groups in total. The predicted octanol–water partition coefficient (Wildman–Crippen LogP) is 4.86. The van der Waals surface area contributed by atoms with E-state index in [1.54, 1.807) is 25.2 Å². The van der Waals surface area contributed by atoms with Crippen LogP contribution >= 0.6 is 32.1 Å². The van der Waals surface area contributed by atoms with Crippen LogP contribution in [0.25, 0.3) is 6.08 Å². The van der Waals surface area contributed by atoms with E-state index in [1.807, 2.05) is 46.1 Å². The standard InChI is InChI=1S/C27H42INO6S/c1-16-10-9-11-26(4,5)34-14-20(17(2)12-19-15-36-18(3)29-19)35-22(31)13-21(30)27(6,7)25(33)23(28-8)24(16)32/h12,15-16,20-21,23-24,30,32H,8-11,13-14H2,1-7H3/b17-12+/t16-,20-,21-,23+,24-/m0/s1. The summed E-state index contributed by atoms with van der Waals surface area (Å²) in [6.45, 7) is 13.2. The zero-order valence-electron chi connectivity index (χ0n) is 22.5. The summed E-state index contributed by atoms with van der Waals surface area (Å²) < 4.78 is 15.4. The number of thiazole rings is 1. The number of aryl methyl sites for hydroxylation is 1. The largest absolute Gasteiger partial charge is 0.455 e. The normalized spacial score (nSPS) is 31.1. The van der Waals surface area contributed by atoms with Crippen molar-refractivity contribution >= 4 is 54.4 Å². The molecule has 2 heterocycles. The lowest BCUT2D eigenvalue weighted by Crippen LogP contribution is -2.47. The molecule has 2 rings (SSSR count). The number of aliphatic hydroxyl groups is 2. The second-order valence-electron chi connectivity index (χ2n) is 11.0. The van der Waals surface area contributed by atoms with Crippen molar-refractivity contribution in [2.75, 3.05) is 6.61 Å². The Morgan fingerprint density at radius 3 is 2.53 bits per heavy atom. The molecule has 5 atom stereocenters. The number of cyclic esters (lactones) is 1. The number of rotatable bonds is 3. The number of esters is 1. The number of nitrogens with zero attached hydrogens (tertiary/aromatic N) is 1. The number of Topliss-reactive ketones (excluding diaryl/α,β-unsaturated/α-hetero) is 1. The summed E-state index contributed by atoms with van der Waals surface area (Å²) in [6.07, 6.45) is 1.11. The summed E-state index contributed by atoms with van der Waals surface area (Å²) in [5, 5.41) is 24.8. The first-order valence-electron chi connectivity index (χ1n) is 12.4. The van der Waals surface area contributed by atoms with Crippen molar-refractivity contribution in [3.8, 4) is 0 Å². The highest BCUT2D eigenvalue weighted by Gasteiger charge is 2.43. The van der Waals surface area contributed by atoms with Crippen LogP contribution in [0.15, 0.2) is 11.0 Å². The molecular weight excluding hydrogens is 593 g/mol. The Labute approximate surface area is 229 Å². The molecule has 0 radical (unpaired) electrons. The molecule has 0 amide bonds. The summed E-state index contributed by atoms with van der Waals surface area (Å²) in [6, 6.07) is 0. The van der Waals surface area contributed by atoms with Gasteiger partial charge in [-0.2, -0.15) is 0 Å². The Hall–Kier alpha value is -1.01. The zero-order chi connectivity index (χ0) is 27.3. The Morgan fingerprint density at radius 1 is 1.28 bits per heavy atom. The van der Waals surface area contributed by atoms with E-state index in [0.717, 1.165) is 35.5 Å². The van der Waals surface area contributed by atoms with Crippen LogP contribution in [-0.2, 0) is 19.1 Å². The average molecular weight is 636 g/mol. The van der Waals surface area contributed by atoms with Crippen LogP contribution < -0.4 is 0 Å². The minimum Gasteiger partial charge on any atom is -0.455 e. The molecule has 1 aromatic rings. The highest BCUT2D eigenvalue weighted by molar-refractivity contribution is 14.2. The molecule has 0 spiro atoms. The molecule has 1 aliphatic rings. The van der Waals surface area contributed by atoms with Crippen molar-refractivity contribution < 1.29 is 29.3 Å². The molecule has 9 heteroatoms. The van der Waals surface area contributed by atoms with Gasteiger partial charge >= 0.3 is 5.97 Å². The summed E-state index contributed by atoms with van der Waals surface area (Å²) in [4.78, 5) is 30.8. The number of hydrogen-bond donors (Lipinski definition) is 2. The Balaban J connectivity index is 2.36. The quantitative estimate of drug-likeness (QED) is 0.278. The van der Waals surface area contributed by atoms with Gasteiger partial charge in [-0.25, -0.2) is 4.98 Å². The van der Waals surface area contributed by atoms with Crippen LogP contribution in [0.2, 0.25) is 0 Å². The van der Waals surface area contributed by atoms with Crippen LogP contribution in [-0.4, -0.2) is 65.9 Å². The van der Waals surface area contributed by atoms with Crippen molar-refractivity contribution in [1.82, 2.24) is 4.98 Å². The van der Waals surface area contributed by atoms with Crippen LogP contribution in [0.5, 0.6) is 0 Å². The van der Waals surface area contributed by atoms with Crippen molar-refractivity contribution in [2.24, 2.45) is 11.3 Å². The maximum atomic E-state index is 13.4. The molecule has 1 fully saturated rings. The number of alkyl halides is 1. The first-order chi connectivity index (χ1) is 16.7. The number of hydrogen-bond acceptors (Lipinski definition) is 8. The Morgan fingerprint density at radius 2 is 1.94 bits per heavy atom. The van der Waals surface area contributed by atoms with Crippen molar-refractivity contribution in [1.29, 1.82) is 0 Å². The van der Waals surface area contributed by atoms with Crippen LogP contribution in [0.3, 0.4) is 0 Å². The van der Waals surface area contributed by atoms with E-state index in [1.165, 1.54) is 0 Å². The van der Waals surface area contributed by atoms with Gasteiger partial charge in [-0.05, 0) is 58.1 Å². The Kier molecular flexibility index (Phi) is 11.4. The predicted molar refractivity (Wildman–Crippen MR) is 154 cm³/mol. The summed E-state index contributed by atoms with van der Waals surface area (Å²) >= 11 is 0.669. The number of ether oxygens (including phenoxy) is 2. The van der Waals surface area contributed by atoms with Crippen molar-refractivity contribution in [3.63, 3.8) is 0 Å². The zero-order valence-corrected chi connectivity index (χ0v) is 25.5. The molecule has 36 heavy (non-hydrogen) atoms. The lowest BCUT2D eigenvalue weighted by molar-refractivity contribution is -0.158. The molecule has 1 saturated heterocycles. The van der Waals surface area contributed by atoms with E-state index in [9.17, 15) is 19.8 Å². The SMILES string of the molecule is C=I[C@H]1C(=O)C(C)(C)[C@@H](O)CC(=O)O[C@H](/C(C)=C/c2csc(C)n2)COC(C)(C)CCC[C@H](C)[C@@H]1O. The first kappa shape index (κ1) is 31.2. The van der Waals surface area contributed by atoms with Gasteiger partial charge in [0.1, 0.15) is 6.10 Å². The van der Waals surface area contributed by atoms with E-state index < -0.39 is 60.0 Å². The van der Waals surface area contributed by atoms with E-state index in [-0.39, 0.29) is 24.7 Å². The molecule has 1 aliphatic heterocycles. The fourth-order valence-electron chi connectivity index (χ4n) is 4.17. The van der Waals surface area contributed by atoms with Crippen molar-refractivity contribution in [2.45, 2.75) is 102 Å². The third-order valence-electron chi connectivity index (χ3n) is 6.99. The topological polar surface area (TPSA) is 106 Å². The molecule has 1 aromatic heterocycles. The molecule has 0 bridgehead atoms. The van der Waals surface area contributed by atoms with Gasteiger partial charge in [-0.1, -0.05) is 31.7 Å². The van der Waals surface area contributed by atoms with Crippen LogP contribution in [0, 0.1) is 18.3 Å². The minimum absolute atomic E-state index is 0.0958. The fourth-order valence-corrected chi connectivity index (χ4v) is 7.17. The summed E-state index contributed by atoms with van der Waals surface area (Å²) in [7, 11) is 0. The van der Waals surface area contributed by atoms with Crippen LogP contribution in [0.4, 0.5) is 0 Å². The highest BCUT2D eigenvalue weighted by atomic mass is 127. The average Bonchev–Trinajstić information content (AvgIpc) is 3.20. The second-order valence-corrected chi connectivity index (χ2v) is 14.2. The molecule has 0 unspecified atom stereocenters. The summed E-state index contributed by atoms with van der Waals surface area (Å²) in [5.74, 6) is -0.951. The molecule has 0 aliphatic carbocycles. The van der Waals surface area contributed by atoms with Crippen LogP contribution in [0.1, 0.15) is 77.9 Å². The molecule has 0 saturated carbocycles. The number of aromatic nitrogens is 1. The van der Waals surface area contributed by atoms with Gasteiger partial charge in [0, 0.05) is 5.38 Å². The fraction of sp³-hybridized carbons (Fsp3) is 0.704. The van der Waals surface area contributed by atoms with Gasteiger partial charge in [0.2, 0.25) is 0 Å². The third kappa shape index (κ3) is 8.51. The Bertz CT molecular complexity index is 956. The van der Waals surface area contributed by atoms with Gasteiger partial charge in [-0.15, -0.1) is 32.1 Å². The lowest BCUT2D eigenvalue weighted by Gasteiger charge is -2.35. The number of carbonyl (C=O) groups is 2. The lowest BCUT2D eigenvalue weighted by atomic mass is 9.77. The minimum atomic E-state index is -1.26. The van der Waals surface area contributed by atoms with E-state index >= 15 is 0 Å². The monoisotopic (exact) mass is 635 g/mol.